The van der Waals surface area contributed by atoms with Crippen LogP contribution in [0.5, 0.6) is 0 Å². The van der Waals surface area contributed by atoms with Crippen LogP contribution in [0.15, 0.2) is 0 Å². The molecular formula is C7H13NO2. The molecule has 0 aromatic carbocycles. The molecule has 1 atom stereocenters. The normalized spacial score (nSPS) is 36.3. The molecule has 2 aliphatic heterocycles. The highest BCUT2D eigenvalue weighted by Gasteiger charge is 2.49. The Morgan fingerprint density at radius 2 is 2.30 bits per heavy atom. The summed E-state index contributed by atoms with van der Waals surface area (Å²) in [4.78, 5) is 0. The zero-order valence-electron chi connectivity index (χ0n) is 6.01. The maximum Gasteiger partial charge on any atom is 0.119 e. The first-order valence-electron chi connectivity index (χ1n) is 3.79. The van der Waals surface area contributed by atoms with Crippen LogP contribution in [0.4, 0.5) is 0 Å². The fourth-order valence-corrected chi connectivity index (χ4v) is 1.74. The molecule has 2 heterocycles. The summed E-state index contributed by atoms with van der Waals surface area (Å²) in [7, 11) is 0. The average molecular weight is 143 g/mol. The fraction of sp³-hybridized carbons (Fsp3) is 1.00. The van der Waals surface area contributed by atoms with Gasteiger partial charge in [-0.15, -0.1) is 0 Å². The van der Waals surface area contributed by atoms with Gasteiger partial charge in [0.05, 0.1) is 13.2 Å². The van der Waals surface area contributed by atoms with Crippen LogP contribution in [-0.2, 0) is 9.47 Å². The number of hydrogen-bond acceptors (Lipinski definition) is 3. The van der Waals surface area contributed by atoms with Gasteiger partial charge >= 0.3 is 0 Å². The second kappa shape index (κ2) is 2.19. The third-order valence-corrected chi connectivity index (χ3v) is 2.58. The summed E-state index contributed by atoms with van der Waals surface area (Å²) in [5.74, 6) is 0.543. The van der Waals surface area contributed by atoms with E-state index < -0.39 is 0 Å². The molecular weight excluding hydrogens is 130 g/mol. The average Bonchev–Trinajstić information content (AvgIpc) is 2.27. The Bertz CT molecular complexity index is 134. The highest BCUT2D eigenvalue weighted by Crippen LogP contribution is 2.37. The molecule has 2 saturated heterocycles. The van der Waals surface area contributed by atoms with Crippen LogP contribution < -0.4 is 5.73 Å². The Morgan fingerprint density at radius 1 is 1.50 bits per heavy atom. The summed E-state index contributed by atoms with van der Waals surface area (Å²) in [5, 5.41) is 0. The van der Waals surface area contributed by atoms with Crippen molar-refractivity contribution in [2.75, 3.05) is 26.4 Å². The van der Waals surface area contributed by atoms with Crippen LogP contribution in [0.1, 0.15) is 6.42 Å². The predicted octanol–water partition coefficient (Wildman–Crippen LogP) is -0.249. The first-order valence-corrected chi connectivity index (χ1v) is 3.79. The number of hydrogen-bond donors (Lipinski definition) is 1. The van der Waals surface area contributed by atoms with Gasteiger partial charge in [0.25, 0.3) is 0 Å². The molecule has 58 valence electrons. The number of rotatable bonds is 1. The molecule has 0 aromatic heterocycles. The molecule has 3 heteroatoms. The minimum atomic E-state index is 0.0365. The maximum absolute atomic E-state index is 5.58. The van der Waals surface area contributed by atoms with Crippen molar-refractivity contribution < 1.29 is 9.47 Å². The van der Waals surface area contributed by atoms with Crippen molar-refractivity contribution in [2.45, 2.75) is 12.0 Å². The summed E-state index contributed by atoms with van der Waals surface area (Å²) in [5.41, 5.74) is 5.62. The van der Waals surface area contributed by atoms with Crippen molar-refractivity contribution in [3.05, 3.63) is 0 Å². The van der Waals surface area contributed by atoms with E-state index in [2.05, 4.69) is 0 Å². The van der Waals surface area contributed by atoms with Gasteiger partial charge in [0.15, 0.2) is 0 Å². The van der Waals surface area contributed by atoms with Crippen molar-refractivity contribution in [3.8, 4) is 0 Å². The smallest absolute Gasteiger partial charge is 0.119 e. The van der Waals surface area contributed by atoms with Gasteiger partial charge in [-0.05, 0) is 13.0 Å². The summed E-state index contributed by atoms with van der Waals surface area (Å²) in [6.07, 6.45) is 1.11. The van der Waals surface area contributed by atoms with Gasteiger partial charge in [-0.2, -0.15) is 0 Å². The zero-order valence-corrected chi connectivity index (χ0v) is 6.01. The molecule has 0 saturated carbocycles. The van der Waals surface area contributed by atoms with Crippen LogP contribution in [0.3, 0.4) is 0 Å². The van der Waals surface area contributed by atoms with Crippen molar-refractivity contribution in [2.24, 2.45) is 11.7 Å². The molecule has 0 radical (unpaired) electrons. The summed E-state index contributed by atoms with van der Waals surface area (Å²) in [6.45, 7) is 3.12. The van der Waals surface area contributed by atoms with Crippen LogP contribution in [0.2, 0.25) is 0 Å². The van der Waals surface area contributed by atoms with Gasteiger partial charge in [0, 0.05) is 12.5 Å². The van der Waals surface area contributed by atoms with E-state index in [1.54, 1.807) is 0 Å². The van der Waals surface area contributed by atoms with E-state index in [1.807, 2.05) is 0 Å². The maximum atomic E-state index is 5.58. The molecule has 1 spiro atoms. The lowest BCUT2D eigenvalue weighted by molar-refractivity contribution is -0.201. The largest absolute Gasteiger partial charge is 0.375 e. The van der Waals surface area contributed by atoms with E-state index in [4.69, 9.17) is 15.2 Å². The Balaban J connectivity index is 2.05. The first kappa shape index (κ1) is 6.58. The van der Waals surface area contributed by atoms with E-state index in [0.717, 1.165) is 32.8 Å². The lowest BCUT2D eigenvalue weighted by Crippen LogP contribution is -2.55. The lowest BCUT2D eigenvalue weighted by atomic mass is 9.86. The van der Waals surface area contributed by atoms with Crippen LogP contribution >= 0.6 is 0 Å². The fourth-order valence-electron chi connectivity index (χ4n) is 1.74. The monoisotopic (exact) mass is 143 g/mol. The minimum absolute atomic E-state index is 0.0365. The lowest BCUT2D eigenvalue weighted by Gasteiger charge is -2.41. The van der Waals surface area contributed by atoms with Gasteiger partial charge in [-0.1, -0.05) is 0 Å². The zero-order chi connectivity index (χ0) is 7.03. The van der Waals surface area contributed by atoms with Gasteiger partial charge in [0.2, 0.25) is 0 Å². The highest BCUT2D eigenvalue weighted by molar-refractivity contribution is 4.98. The molecule has 0 aliphatic carbocycles. The molecule has 0 amide bonds. The van der Waals surface area contributed by atoms with E-state index in [1.165, 1.54) is 0 Å². The molecule has 1 unspecified atom stereocenters. The quantitative estimate of drug-likeness (QED) is 0.550. The number of ether oxygens (including phenoxy) is 2. The van der Waals surface area contributed by atoms with Crippen LogP contribution in [0.25, 0.3) is 0 Å². The molecule has 2 rings (SSSR count). The standard InChI is InChI=1S/C7H13NO2/c8-3-6-1-2-10-7(6)4-9-5-7/h6H,1-5,8H2. The molecule has 2 aliphatic rings. The van der Waals surface area contributed by atoms with E-state index >= 15 is 0 Å². The Hall–Kier alpha value is -0.120. The van der Waals surface area contributed by atoms with Gasteiger partial charge in [0.1, 0.15) is 5.60 Å². The van der Waals surface area contributed by atoms with E-state index in [0.29, 0.717) is 5.92 Å². The van der Waals surface area contributed by atoms with Crippen LogP contribution in [0, 0.1) is 5.92 Å². The van der Waals surface area contributed by atoms with Crippen molar-refractivity contribution in [1.82, 2.24) is 0 Å². The van der Waals surface area contributed by atoms with Crippen molar-refractivity contribution in [3.63, 3.8) is 0 Å². The third kappa shape index (κ3) is 0.713. The minimum Gasteiger partial charge on any atom is -0.375 e. The first-order chi connectivity index (χ1) is 4.87. The predicted molar refractivity (Wildman–Crippen MR) is 36.7 cm³/mol. The summed E-state index contributed by atoms with van der Waals surface area (Å²) >= 11 is 0. The van der Waals surface area contributed by atoms with Crippen molar-refractivity contribution >= 4 is 0 Å². The summed E-state index contributed by atoms with van der Waals surface area (Å²) in [6, 6.07) is 0. The van der Waals surface area contributed by atoms with E-state index in [-0.39, 0.29) is 5.60 Å². The molecule has 2 N–H and O–H groups in total. The topological polar surface area (TPSA) is 44.5 Å². The summed E-state index contributed by atoms with van der Waals surface area (Å²) < 4.78 is 10.7. The van der Waals surface area contributed by atoms with Gasteiger partial charge in [-0.25, -0.2) is 0 Å². The molecule has 10 heavy (non-hydrogen) atoms. The second-order valence-corrected chi connectivity index (χ2v) is 3.13. The SMILES string of the molecule is NCC1CCOC12COC2. The molecule has 0 bridgehead atoms. The molecule has 3 nitrogen and oxygen atoms in total. The van der Waals surface area contributed by atoms with Gasteiger partial charge < -0.3 is 15.2 Å². The molecule has 0 aromatic rings. The number of nitrogens with two attached hydrogens (primary N) is 1. The van der Waals surface area contributed by atoms with Crippen LogP contribution in [-0.4, -0.2) is 32.0 Å². The second-order valence-electron chi connectivity index (χ2n) is 3.13. The Labute approximate surface area is 60.5 Å². The highest BCUT2D eigenvalue weighted by atomic mass is 16.6. The van der Waals surface area contributed by atoms with Gasteiger partial charge in [-0.3, -0.25) is 0 Å². The third-order valence-electron chi connectivity index (χ3n) is 2.58. The Morgan fingerprint density at radius 3 is 2.70 bits per heavy atom. The van der Waals surface area contributed by atoms with Crippen molar-refractivity contribution in [1.29, 1.82) is 0 Å². The molecule has 2 fully saturated rings. The Kier molecular flexibility index (Phi) is 1.44. The van der Waals surface area contributed by atoms with E-state index in [9.17, 15) is 0 Å².